The Morgan fingerprint density at radius 2 is 0.520 bits per heavy atom. The van der Waals surface area contributed by atoms with Crippen molar-refractivity contribution in [1.82, 2.24) is 0 Å². The molecule has 6 atom stereocenters. The Labute approximate surface area is 600 Å². The van der Waals surface area contributed by atoms with Crippen molar-refractivity contribution >= 4 is 39.5 Å². The monoisotopic (exact) mass is 1440 g/mol. The number of hydrogen-bond donors (Lipinski definition) is 3. The highest BCUT2D eigenvalue weighted by atomic mass is 31.2. The van der Waals surface area contributed by atoms with Crippen LogP contribution in [0.2, 0.25) is 0 Å². The highest BCUT2D eigenvalue weighted by molar-refractivity contribution is 7.47. The second kappa shape index (κ2) is 69.4. The van der Waals surface area contributed by atoms with Gasteiger partial charge in [0.15, 0.2) is 12.2 Å². The first kappa shape index (κ1) is 96.1. The van der Waals surface area contributed by atoms with Gasteiger partial charge < -0.3 is 33.8 Å². The molecule has 17 nitrogen and oxygen atoms in total. The molecule has 98 heavy (non-hydrogen) atoms. The summed E-state index contributed by atoms with van der Waals surface area (Å²) < 4.78 is 68.6. The summed E-state index contributed by atoms with van der Waals surface area (Å²) in [7, 11) is -9.92. The van der Waals surface area contributed by atoms with Gasteiger partial charge in [-0.2, -0.15) is 0 Å². The van der Waals surface area contributed by atoms with Gasteiger partial charge in [0, 0.05) is 25.7 Å². The van der Waals surface area contributed by atoms with Crippen molar-refractivity contribution in [3.63, 3.8) is 0 Å². The standard InChI is InChI=1S/C79H154O17P2/c1-8-10-11-12-13-14-15-16-17-18-21-24-27-30-39-46-53-60-76(81)89-66-74(95-78(83)62-55-48-41-31-28-25-22-19-20-23-26-29-36-43-50-57-70(3)4)68-93-97(85,86)91-64-73(80)65-92-98(87,88)94-69-75(67-90-77(82)61-54-47-40-34-32-37-44-51-58-71(5)6)96-79(84)63-56-49-42-35-33-38-45-52-59-72(7)9-2/h70-75,80H,8-69H2,1-7H3,(H,85,86)(H,87,88)/t72?,73-,74-,75-/m1/s1. The normalized spacial score (nSPS) is 14.3. The number of carbonyl (C=O) groups is 4. The van der Waals surface area contributed by atoms with Crippen LogP contribution in [-0.4, -0.2) is 96.7 Å². The summed E-state index contributed by atoms with van der Waals surface area (Å²) >= 11 is 0. The van der Waals surface area contributed by atoms with Gasteiger partial charge in [0.05, 0.1) is 26.4 Å². The van der Waals surface area contributed by atoms with Crippen LogP contribution in [0, 0.1) is 17.8 Å². The molecule has 19 heteroatoms. The molecule has 0 aliphatic heterocycles. The summed E-state index contributed by atoms with van der Waals surface area (Å²) in [4.78, 5) is 72.9. The maximum absolute atomic E-state index is 13.1. The molecule has 582 valence electrons. The molecular weight excluding hydrogens is 1280 g/mol. The van der Waals surface area contributed by atoms with Gasteiger partial charge in [-0.1, -0.05) is 357 Å². The van der Waals surface area contributed by atoms with Gasteiger partial charge in [-0.15, -0.1) is 0 Å². The molecule has 0 saturated carbocycles. The van der Waals surface area contributed by atoms with E-state index in [-0.39, 0.29) is 25.7 Å². The molecule has 0 rings (SSSR count). The summed E-state index contributed by atoms with van der Waals surface area (Å²) in [5, 5.41) is 10.6. The molecule has 0 saturated heterocycles. The third-order valence-corrected chi connectivity index (χ3v) is 20.6. The summed E-state index contributed by atoms with van der Waals surface area (Å²) in [5.74, 6) is 0.183. The number of phosphoric acid groups is 2. The maximum Gasteiger partial charge on any atom is 0.472 e. The van der Waals surface area contributed by atoms with Gasteiger partial charge in [0.1, 0.15) is 19.3 Å². The number of hydrogen-bond acceptors (Lipinski definition) is 15. The van der Waals surface area contributed by atoms with Crippen molar-refractivity contribution in [3.05, 3.63) is 0 Å². The highest BCUT2D eigenvalue weighted by Crippen LogP contribution is 2.45. The molecular formula is C79H154O17P2. The summed E-state index contributed by atoms with van der Waals surface area (Å²) in [6.45, 7) is 11.9. The number of rotatable bonds is 77. The number of ether oxygens (including phenoxy) is 4. The zero-order chi connectivity index (χ0) is 72.3. The van der Waals surface area contributed by atoms with E-state index in [1.54, 1.807) is 0 Å². The van der Waals surface area contributed by atoms with E-state index in [0.29, 0.717) is 25.7 Å². The van der Waals surface area contributed by atoms with E-state index in [2.05, 4.69) is 48.5 Å². The average molecular weight is 1440 g/mol. The largest absolute Gasteiger partial charge is 0.472 e. The van der Waals surface area contributed by atoms with Crippen molar-refractivity contribution in [2.45, 2.75) is 426 Å². The first-order chi connectivity index (χ1) is 47.3. The lowest BCUT2D eigenvalue weighted by Gasteiger charge is -2.21. The van der Waals surface area contributed by atoms with Crippen molar-refractivity contribution in [1.29, 1.82) is 0 Å². The fraction of sp³-hybridized carbons (Fsp3) is 0.949. The minimum Gasteiger partial charge on any atom is -0.462 e. The molecule has 0 radical (unpaired) electrons. The van der Waals surface area contributed by atoms with Crippen molar-refractivity contribution in [2.24, 2.45) is 17.8 Å². The van der Waals surface area contributed by atoms with E-state index >= 15 is 0 Å². The second-order valence-corrected chi connectivity index (χ2v) is 32.6. The zero-order valence-corrected chi connectivity index (χ0v) is 66.0. The lowest BCUT2D eigenvalue weighted by molar-refractivity contribution is -0.161. The Kier molecular flexibility index (Phi) is 68.1. The van der Waals surface area contributed by atoms with Gasteiger partial charge in [0.25, 0.3) is 0 Å². The van der Waals surface area contributed by atoms with E-state index in [4.69, 9.17) is 37.0 Å². The van der Waals surface area contributed by atoms with Crippen LogP contribution in [0.15, 0.2) is 0 Å². The van der Waals surface area contributed by atoms with Gasteiger partial charge >= 0.3 is 39.5 Å². The van der Waals surface area contributed by atoms with Crippen LogP contribution in [0.3, 0.4) is 0 Å². The van der Waals surface area contributed by atoms with Crippen LogP contribution >= 0.6 is 15.6 Å². The van der Waals surface area contributed by atoms with E-state index in [1.165, 1.54) is 218 Å². The molecule has 0 aromatic rings. The number of aliphatic hydroxyl groups excluding tert-OH is 1. The maximum atomic E-state index is 13.1. The fourth-order valence-electron chi connectivity index (χ4n) is 12.1. The number of carbonyl (C=O) groups excluding carboxylic acids is 4. The summed E-state index contributed by atoms with van der Waals surface area (Å²) in [5.41, 5.74) is 0. The van der Waals surface area contributed by atoms with Crippen LogP contribution in [0.5, 0.6) is 0 Å². The quantitative estimate of drug-likeness (QED) is 0.0222. The summed E-state index contributed by atoms with van der Waals surface area (Å²) in [6.07, 6.45) is 56.9. The molecule has 0 aliphatic carbocycles. The Bertz CT molecular complexity index is 1910. The molecule has 0 amide bonds. The topological polar surface area (TPSA) is 237 Å². The molecule has 0 bridgehead atoms. The Morgan fingerprint density at radius 1 is 0.296 bits per heavy atom. The molecule has 0 fully saturated rings. The number of unbranched alkanes of at least 4 members (excludes halogenated alkanes) is 44. The van der Waals surface area contributed by atoms with Gasteiger partial charge in [-0.3, -0.25) is 37.3 Å². The Hall–Kier alpha value is -1.94. The van der Waals surface area contributed by atoms with Gasteiger partial charge in [-0.05, 0) is 43.4 Å². The van der Waals surface area contributed by atoms with Crippen LogP contribution < -0.4 is 0 Å². The third-order valence-electron chi connectivity index (χ3n) is 18.7. The smallest absolute Gasteiger partial charge is 0.462 e. The van der Waals surface area contributed by atoms with Crippen molar-refractivity contribution in [2.75, 3.05) is 39.6 Å². The lowest BCUT2D eigenvalue weighted by atomic mass is 9.99. The summed E-state index contributed by atoms with van der Waals surface area (Å²) in [6, 6.07) is 0. The molecule has 0 aromatic carbocycles. The zero-order valence-electron chi connectivity index (χ0n) is 64.3. The number of phosphoric ester groups is 2. The van der Waals surface area contributed by atoms with E-state index in [9.17, 15) is 43.2 Å². The highest BCUT2D eigenvalue weighted by Gasteiger charge is 2.30. The first-order valence-corrected chi connectivity index (χ1v) is 43.9. The van der Waals surface area contributed by atoms with Crippen LogP contribution in [0.25, 0.3) is 0 Å². The van der Waals surface area contributed by atoms with Crippen LogP contribution in [-0.2, 0) is 65.4 Å². The second-order valence-electron chi connectivity index (χ2n) is 29.6. The number of esters is 4. The minimum atomic E-state index is -4.96. The van der Waals surface area contributed by atoms with Crippen LogP contribution in [0.1, 0.15) is 408 Å². The molecule has 0 spiro atoms. The Morgan fingerprint density at radius 3 is 0.776 bits per heavy atom. The lowest BCUT2D eigenvalue weighted by Crippen LogP contribution is -2.30. The molecule has 0 aliphatic rings. The van der Waals surface area contributed by atoms with E-state index in [0.717, 1.165) is 108 Å². The van der Waals surface area contributed by atoms with E-state index < -0.39 is 97.5 Å². The van der Waals surface area contributed by atoms with Crippen molar-refractivity contribution < 1.29 is 80.2 Å². The third kappa shape index (κ3) is 71.1. The predicted molar refractivity (Wildman–Crippen MR) is 400 cm³/mol. The average Bonchev–Trinajstić information content (AvgIpc) is 1.08. The predicted octanol–water partition coefficient (Wildman–Crippen LogP) is 23.4. The van der Waals surface area contributed by atoms with E-state index in [1.807, 2.05) is 0 Å². The van der Waals surface area contributed by atoms with Crippen molar-refractivity contribution in [3.8, 4) is 0 Å². The Balaban J connectivity index is 5.25. The molecule has 3 unspecified atom stereocenters. The van der Waals surface area contributed by atoms with Gasteiger partial charge in [-0.25, -0.2) is 9.13 Å². The molecule has 0 heterocycles. The fourth-order valence-corrected chi connectivity index (χ4v) is 13.7. The minimum absolute atomic E-state index is 0.104. The molecule has 3 N–H and O–H groups in total. The van der Waals surface area contributed by atoms with Gasteiger partial charge in [0.2, 0.25) is 0 Å². The molecule has 0 aromatic heterocycles. The first-order valence-electron chi connectivity index (χ1n) is 40.9. The SMILES string of the molecule is CCCCCCCCCCCCCCCCCCCC(=O)OC[C@H](COP(=O)(O)OC[C@@H](O)COP(=O)(O)OC[C@@H](COC(=O)CCCCCCCCCCC(C)C)OC(=O)CCCCCCCCCCC(C)CC)OC(=O)CCCCCCCCCCCCCCCCCC(C)C. The number of aliphatic hydroxyl groups is 1. The van der Waals surface area contributed by atoms with Crippen LogP contribution in [0.4, 0.5) is 0 Å².